The summed E-state index contributed by atoms with van der Waals surface area (Å²) in [5.74, 6) is 1.05. The number of aliphatic hydroxyl groups is 1. The number of rotatable bonds is 21. The minimum Gasteiger partial charge on any atom is -1.00 e. The molecule has 12 heteroatoms. The number of pyridine rings is 1. The van der Waals surface area contributed by atoms with Crippen LogP contribution in [0.3, 0.4) is 0 Å². The van der Waals surface area contributed by atoms with Crippen LogP contribution in [0, 0.1) is 0 Å². The van der Waals surface area contributed by atoms with Crippen LogP contribution in [0.1, 0.15) is 35.7 Å². The predicted octanol–water partition coefficient (Wildman–Crippen LogP) is 2.60. The summed E-state index contributed by atoms with van der Waals surface area (Å²) in [7, 11) is 6.34. The maximum atomic E-state index is 13.1. The highest BCUT2D eigenvalue weighted by molar-refractivity contribution is 8.03. The summed E-state index contributed by atoms with van der Waals surface area (Å²) >= 11 is 1.73. The molecule has 0 aliphatic carbocycles. The molecular weight excluding hydrogens is 801 g/mol. The summed E-state index contributed by atoms with van der Waals surface area (Å²) in [5.41, 5.74) is 5.09. The lowest BCUT2D eigenvalue weighted by molar-refractivity contribution is -0.553. The number of nitrogens with one attached hydrogen (secondary N) is 1. The molecule has 10 nitrogen and oxygen atoms in total. The Morgan fingerprint density at radius 3 is 2.30 bits per heavy atom. The van der Waals surface area contributed by atoms with Crippen LogP contribution in [0.4, 0.5) is 11.5 Å². The molecule has 0 radical (unpaired) electrons. The SMILES string of the molecule is CCCN(CCCN(C)C)c1cc(C=C2Sc3ccc(C(=O)NCCOCCOCCOCCO)cc3N2C)c2ccccc2[n+]1-c1ccccc1.[I-]. The second kappa shape index (κ2) is 22.2. The molecule has 286 valence electrons. The van der Waals surface area contributed by atoms with Gasteiger partial charge in [0, 0.05) is 42.0 Å². The van der Waals surface area contributed by atoms with Crippen LogP contribution in [0.15, 0.2) is 88.8 Å². The van der Waals surface area contributed by atoms with E-state index in [-0.39, 0.29) is 36.5 Å². The van der Waals surface area contributed by atoms with E-state index in [0.29, 0.717) is 51.7 Å². The molecule has 0 bridgehead atoms. The molecule has 2 heterocycles. The van der Waals surface area contributed by atoms with Crippen molar-refractivity contribution in [3.63, 3.8) is 0 Å². The van der Waals surface area contributed by atoms with E-state index in [1.165, 1.54) is 11.2 Å². The summed E-state index contributed by atoms with van der Waals surface area (Å²) in [4.78, 5) is 21.2. The van der Waals surface area contributed by atoms with Gasteiger partial charge >= 0.3 is 0 Å². The molecule has 0 unspecified atom stereocenters. The van der Waals surface area contributed by atoms with Crippen LogP contribution in [-0.4, -0.2) is 109 Å². The topological polar surface area (TPSA) is 90.6 Å². The first-order chi connectivity index (χ1) is 25.4. The molecule has 3 aromatic carbocycles. The van der Waals surface area contributed by atoms with Crippen LogP contribution >= 0.6 is 11.8 Å². The van der Waals surface area contributed by atoms with E-state index in [1.54, 1.807) is 11.8 Å². The zero-order valence-electron chi connectivity index (χ0n) is 31.4. The number of halogens is 1. The maximum absolute atomic E-state index is 13.1. The summed E-state index contributed by atoms with van der Waals surface area (Å²) < 4.78 is 18.6. The summed E-state index contributed by atoms with van der Waals surface area (Å²) in [5, 5.41) is 14.0. The van der Waals surface area contributed by atoms with Crippen LogP contribution in [0.5, 0.6) is 0 Å². The molecule has 5 rings (SSSR count). The Kier molecular flexibility index (Phi) is 17.8. The highest BCUT2D eigenvalue weighted by Gasteiger charge is 2.27. The molecule has 2 N–H and O–H groups in total. The molecule has 0 saturated carbocycles. The van der Waals surface area contributed by atoms with E-state index in [4.69, 9.17) is 19.3 Å². The molecule has 1 aliphatic heterocycles. The van der Waals surface area contributed by atoms with Crippen molar-refractivity contribution in [1.29, 1.82) is 0 Å². The Labute approximate surface area is 336 Å². The van der Waals surface area contributed by atoms with Gasteiger partial charge in [-0.15, -0.1) is 0 Å². The van der Waals surface area contributed by atoms with Crippen molar-refractivity contribution in [3.8, 4) is 5.69 Å². The van der Waals surface area contributed by atoms with Crippen LogP contribution in [-0.2, 0) is 14.2 Å². The molecule has 0 spiro atoms. The Balaban J connectivity index is 0.00000627. The van der Waals surface area contributed by atoms with Crippen LogP contribution in [0.2, 0.25) is 0 Å². The number of carbonyl (C=O) groups excluding carboxylic acids is 1. The lowest BCUT2D eigenvalue weighted by Gasteiger charge is -2.22. The van der Waals surface area contributed by atoms with Crippen molar-refractivity contribution >= 4 is 46.2 Å². The predicted molar refractivity (Wildman–Crippen MR) is 212 cm³/mol. The summed E-state index contributed by atoms with van der Waals surface area (Å²) in [6, 6.07) is 27.6. The van der Waals surface area contributed by atoms with Gasteiger partial charge in [-0.3, -0.25) is 9.69 Å². The van der Waals surface area contributed by atoms with Gasteiger partial charge in [-0.25, -0.2) is 0 Å². The number of hydrogen-bond acceptors (Lipinski definition) is 9. The Morgan fingerprint density at radius 2 is 1.58 bits per heavy atom. The van der Waals surface area contributed by atoms with Crippen molar-refractivity contribution in [2.45, 2.75) is 24.7 Å². The molecule has 1 aromatic heterocycles. The van der Waals surface area contributed by atoms with Crippen LogP contribution in [0.25, 0.3) is 22.7 Å². The van der Waals surface area contributed by atoms with Gasteiger partial charge in [0.05, 0.1) is 70.1 Å². The molecule has 53 heavy (non-hydrogen) atoms. The lowest BCUT2D eigenvalue weighted by Crippen LogP contribution is -3.00. The molecule has 1 amide bonds. The van der Waals surface area contributed by atoms with Crippen molar-refractivity contribution < 1.29 is 52.7 Å². The summed E-state index contributed by atoms with van der Waals surface area (Å²) in [6.07, 6.45) is 4.41. The van der Waals surface area contributed by atoms with Crippen molar-refractivity contribution in [2.75, 3.05) is 103 Å². The van der Waals surface area contributed by atoms with Gasteiger partial charge in [0.25, 0.3) is 11.7 Å². The van der Waals surface area contributed by atoms with Gasteiger partial charge in [0.2, 0.25) is 0 Å². The van der Waals surface area contributed by atoms with Gasteiger partial charge in [-0.05, 0) is 75.0 Å². The van der Waals surface area contributed by atoms with Crippen molar-refractivity contribution in [3.05, 3.63) is 95.0 Å². The number of amides is 1. The number of ether oxygens (including phenoxy) is 3. The largest absolute Gasteiger partial charge is 1.00 e. The number of carbonyl (C=O) groups is 1. The normalized spacial score (nSPS) is 13.1. The molecule has 0 saturated heterocycles. The first-order valence-corrected chi connectivity index (χ1v) is 19.1. The number of hydrogen-bond donors (Lipinski definition) is 2. The van der Waals surface area contributed by atoms with Crippen molar-refractivity contribution in [2.24, 2.45) is 0 Å². The van der Waals surface area contributed by atoms with E-state index in [9.17, 15) is 4.79 Å². The Hall–Kier alpha value is -3.24. The number of fused-ring (bicyclic) bond motifs is 2. The third-order valence-corrected chi connectivity index (χ3v) is 9.92. The molecule has 4 aromatic rings. The van der Waals surface area contributed by atoms with E-state index in [1.807, 2.05) is 18.2 Å². The van der Waals surface area contributed by atoms with Crippen molar-refractivity contribution in [1.82, 2.24) is 10.2 Å². The quantitative estimate of drug-likeness (QED) is 0.0747. The van der Waals surface area contributed by atoms with E-state index >= 15 is 0 Å². The highest BCUT2D eigenvalue weighted by atomic mass is 127. The van der Waals surface area contributed by atoms with E-state index in [2.05, 4.69) is 119 Å². The van der Waals surface area contributed by atoms with Gasteiger partial charge in [0.15, 0.2) is 0 Å². The van der Waals surface area contributed by atoms with Gasteiger partial charge in [0.1, 0.15) is 11.2 Å². The second-order valence-corrected chi connectivity index (χ2v) is 14.0. The fourth-order valence-corrected chi connectivity index (χ4v) is 7.30. The average molecular weight is 856 g/mol. The zero-order chi connectivity index (χ0) is 36.7. The number of anilines is 2. The number of aliphatic hydroxyl groups excluding tert-OH is 1. The third-order valence-electron chi connectivity index (χ3n) is 8.75. The third kappa shape index (κ3) is 11.9. The number of aromatic nitrogens is 1. The first-order valence-electron chi connectivity index (χ1n) is 18.2. The average Bonchev–Trinajstić information content (AvgIpc) is 3.47. The van der Waals surface area contributed by atoms with Gasteiger partial charge in [-0.2, -0.15) is 4.57 Å². The fraction of sp³-hybridized carbons (Fsp3) is 0.415. The monoisotopic (exact) mass is 855 g/mol. The molecular formula is C41H54IN5O5S. The number of thioether (sulfide) groups is 1. The summed E-state index contributed by atoms with van der Waals surface area (Å²) in [6.45, 7) is 8.09. The Morgan fingerprint density at radius 1 is 0.887 bits per heavy atom. The molecule has 0 atom stereocenters. The van der Waals surface area contributed by atoms with E-state index in [0.717, 1.165) is 64.9 Å². The molecule has 1 aliphatic rings. The van der Waals surface area contributed by atoms with Crippen LogP contribution < -0.4 is 43.7 Å². The number of para-hydroxylation sites is 2. The standard InChI is InChI=1S/C41H53N5O5S.HI/c1-5-19-45(21-11-20-43(2)3)39-30-33(35-14-9-10-15-36(35)46(39)34-12-7-6-8-13-34)31-40-44(4)37-29-32(16-17-38(37)52-40)41(48)42-18-23-49-25-27-51-28-26-50-24-22-47;/h6-10,12-17,29-31,47H,5,11,18-28H2,1-4H3;1H. The van der Waals surface area contributed by atoms with Gasteiger partial charge < -0.3 is 58.4 Å². The van der Waals surface area contributed by atoms with Gasteiger partial charge in [-0.1, -0.05) is 55.1 Å². The number of benzene rings is 3. The maximum Gasteiger partial charge on any atom is 0.282 e. The smallest absolute Gasteiger partial charge is 0.282 e. The Bertz CT molecular complexity index is 1780. The first kappa shape index (κ1) is 42.5. The fourth-order valence-electron chi connectivity index (χ4n) is 6.22. The lowest BCUT2D eigenvalue weighted by atomic mass is 10.1. The highest BCUT2D eigenvalue weighted by Crippen LogP contribution is 2.46. The van der Waals surface area contributed by atoms with E-state index < -0.39 is 0 Å². The minimum atomic E-state index is -0.131. The minimum absolute atomic E-state index is 0. The zero-order valence-corrected chi connectivity index (χ0v) is 34.4. The number of nitrogens with zero attached hydrogens (tertiary/aromatic N) is 4. The molecule has 0 fully saturated rings. The second-order valence-electron chi connectivity index (χ2n) is 12.9.